The zero-order valence-electron chi connectivity index (χ0n) is 6.10. The van der Waals surface area contributed by atoms with Crippen LogP contribution in [-0.4, -0.2) is 18.0 Å². The Labute approximate surface area is 74.1 Å². The van der Waals surface area contributed by atoms with Gasteiger partial charge in [0.1, 0.15) is 0 Å². The number of nitrogens with zero attached hydrogens (tertiary/aromatic N) is 2. The molecule has 2 N–H and O–H groups in total. The lowest BCUT2D eigenvalue weighted by atomic mass is 10.4. The Morgan fingerprint density at radius 2 is 2.33 bits per heavy atom. The highest BCUT2D eigenvalue weighted by molar-refractivity contribution is 7.89. The van der Waals surface area contributed by atoms with Gasteiger partial charge in [-0.2, -0.15) is 0 Å². The zero-order chi connectivity index (χ0) is 9.19. The molecule has 0 spiro atoms. The summed E-state index contributed by atoms with van der Waals surface area (Å²) in [5.74, 6) is 0. The van der Waals surface area contributed by atoms with Crippen molar-refractivity contribution in [2.75, 3.05) is 0 Å². The lowest BCUT2D eigenvalue weighted by Crippen LogP contribution is -2.14. The quantitative estimate of drug-likeness (QED) is 0.699. The predicted octanol–water partition coefficient (Wildman–Crippen LogP) is -0.0860. The Balaban J connectivity index is 3.16. The fourth-order valence-corrected chi connectivity index (χ4v) is 2.27. The topological polar surface area (TPSA) is 85.9 Å². The van der Waals surface area contributed by atoms with E-state index in [-0.39, 0.29) is 5.03 Å². The molecule has 5 nitrogen and oxygen atoms in total. The van der Waals surface area contributed by atoms with Crippen LogP contribution < -0.4 is 5.14 Å². The standard InChI is InChI=1S/C5H7N3O2S2/c1-2-3-4-5(7-8-11-4)12(6,9)10/h2H,1,3H2,(H2,6,9,10). The monoisotopic (exact) mass is 205 g/mol. The molecule has 66 valence electrons. The molecule has 1 aromatic rings. The number of nitrogens with two attached hydrogens (primary N) is 1. The molecule has 0 aliphatic carbocycles. The molecule has 0 fully saturated rings. The fraction of sp³-hybridized carbons (Fsp3) is 0.200. The summed E-state index contributed by atoms with van der Waals surface area (Å²) >= 11 is 1.01. The van der Waals surface area contributed by atoms with Crippen LogP contribution in [0.25, 0.3) is 0 Å². The molecule has 0 aliphatic heterocycles. The van der Waals surface area contributed by atoms with Gasteiger partial charge in [-0.15, -0.1) is 11.7 Å². The van der Waals surface area contributed by atoms with E-state index < -0.39 is 10.0 Å². The molecule has 7 heteroatoms. The molecule has 0 atom stereocenters. The molecule has 0 amide bonds. The van der Waals surface area contributed by atoms with Gasteiger partial charge in [-0.25, -0.2) is 13.6 Å². The number of rotatable bonds is 3. The summed E-state index contributed by atoms with van der Waals surface area (Å²) in [6.07, 6.45) is 1.99. The van der Waals surface area contributed by atoms with Crippen molar-refractivity contribution in [3.8, 4) is 0 Å². The number of hydrogen-bond donors (Lipinski definition) is 1. The molecule has 0 aliphatic rings. The Kier molecular flexibility index (Phi) is 2.55. The Hall–Kier alpha value is -0.790. The van der Waals surface area contributed by atoms with Crippen molar-refractivity contribution in [2.45, 2.75) is 11.4 Å². The minimum atomic E-state index is -3.72. The summed E-state index contributed by atoms with van der Waals surface area (Å²) < 4.78 is 25.2. The molecule has 0 aromatic carbocycles. The third-order valence-electron chi connectivity index (χ3n) is 1.12. The predicted molar refractivity (Wildman–Crippen MR) is 45.2 cm³/mol. The van der Waals surface area contributed by atoms with Crippen molar-refractivity contribution in [2.24, 2.45) is 5.14 Å². The zero-order valence-corrected chi connectivity index (χ0v) is 7.73. The molecule has 1 heterocycles. The number of aromatic nitrogens is 2. The van der Waals surface area contributed by atoms with Crippen LogP contribution in [0.5, 0.6) is 0 Å². The second kappa shape index (κ2) is 3.30. The summed E-state index contributed by atoms with van der Waals surface area (Å²) in [5, 5.41) is 8.14. The summed E-state index contributed by atoms with van der Waals surface area (Å²) in [6, 6.07) is 0. The second-order valence-corrected chi connectivity index (χ2v) is 4.35. The van der Waals surface area contributed by atoms with Gasteiger partial charge in [-0.3, -0.25) is 0 Å². The molecular weight excluding hydrogens is 198 g/mol. The van der Waals surface area contributed by atoms with E-state index in [1.165, 1.54) is 0 Å². The first-order valence-electron chi connectivity index (χ1n) is 3.00. The Morgan fingerprint density at radius 1 is 1.67 bits per heavy atom. The Bertz CT molecular complexity index is 381. The molecule has 1 rings (SSSR count). The smallest absolute Gasteiger partial charge is 0.223 e. The molecule has 12 heavy (non-hydrogen) atoms. The average Bonchev–Trinajstić information content (AvgIpc) is 2.34. The lowest BCUT2D eigenvalue weighted by Gasteiger charge is -1.92. The number of hydrogen-bond acceptors (Lipinski definition) is 5. The minimum absolute atomic E-state index is 0.146. The molecule has 0 unspecified atom stereocenters. The normalized spacial score (nSPS) is 11.4. The maximum absolute atomic E-state index is 10.8. The molecular formula is C5H7N3O2S2. The van der Waals surface area contributed by atoms with E-state index in [0.717, 1.165) is 11.5 Å². The van der Waals surface area contributed by atoms with Crippen LogP contribution in [0, 0.1) is 0 Å². The van der Waals surface area contributed by atoms with Crippen molar-refractivity contribution < 1.29 is 8.42 Å². The van der Waals surface area contributed by atoms with Gasteiger partial charge in [0.2, 0.25) is 5.03 Å². The summed E-state index contributed by atoms with van der Waals surface area (Å²) in [7, 11) is -3.72. The van der Waals surface area contributed by atoms with Gasteiger partial charge >= 0.3 is 0 Å². The Morgan fingerprint density at radius 3 is 2.83 bits per heavy atom. The lowest BCUT2D eigenvalue weighted by molar-refractivity contribution is 0.592. The van der Waals surface area contributed by atoms with Crippen molar-refractivity contribution in [1.82, 2.24) is 9.59 Å². The van der Waals surface area contributed by atoms with Gasteiger partial charge in [-0.1, -0.05) is 10.6 Å². The highest BCUT2D eigenvalue weighted by atomic mass is 32.2. The van der Waals surface area contributed by atoms with Crippen LogP contribution in [0.4, 0.5) is 0 Å². The highest BCUT2D eigenvalue weighted by Crippen LogP contribution is 2.15. The van der Waals surface area contributed by atoms with Crippen molar-refractivity contribution in [3.05, 3.63) is 17.5 Å². The number of primary sulfonamides is 1. The maximum Gasteiger partial charge on any atom is 0.258 e. The van der Waals surface area contributed by atoms with Crippen LogP contribution in [0.3, 0.4) is 0 Å². The maximum atomic E-state index is 10.8. The SMILES string of the molecule is C=CCc1snnc1S(N)(=O)=O. The molecule has 1 aromatic heterocycles. The molecule has 0 bridgehead atoms. The van der Waals surface area contributed by atoms with Crippen molar-refractivity contribution in [3.63, 3.8) is 0 Å². The van der Waals surface area contributed by atoms with Gasteiger partial charge in [0, 0.05) is 6.42 Å². The largest absolute Gasteiger partial charge is 0.258 e. The van der Waals surface area contributed by atoms with Crippen LogP contribution in [-0.2, 0) is 16.4 Å². The third kappa shape index (κ3) is 1.87. The summed E-state index contributed by atoms with van der Waals surface area (Å²) in [5.41, 5.74) is 0. The van der Waals surface area contributed by atoms with Gasteiger partial charge in [0.05, 0.1) is 4.88 Å². The van der Waals surface area contributed by atoms with E-state index in [0.29, 0.717) is 11.3 Å². The van der Waals surface area contributed by atoms with E-state index in [2.05, 4.69) is 16.2 Å². The van der Waals surface area contributed by atoms with Crippen LogP contribution in [0.15, 0.2) is 17.7 Å². The van der Waals surface area contributed by atoms with Crippen LogP contribution in [0.2, 0.25) is 0 Å². The summed E-state index contributed by atoms with van der Waals surface area (Å²) in [6.45, 7) is 3.47. The summed E-state index contributed by atoms with van der Waals surface area (Å²) in [4.78, 5) is 0.521. The van der Waals surface area contributed by atoms with Crippen molar-refractivity contribution in [1.29, 1.82) is 0 Å². The number of sulfonamides is 1. The van der Waals surface area contributed by atoms with Crippen LogP contribution >= 0.6 is 11.5 Å². The van der Waals surface area contributed by atoms with Gasteiger partial charge in [0.15, 0.2) is 0 Å². The first-order valence-corrected chi connectivity index (χ1v) is 5.32. The van der Waals surface area contributed by atoms with E-state index >= 15 is 0 Å². The van der Waals surface area contributed by atoms with Crippen LogP contribution in [0.1, 0.15) is 4.88 Å². The highest BCUT2D eigenvalue weighted by Gasteiger charge is 2.17. The third-order valence-corrected chi connectivity index (χ3v) is 2.86. The average molecular weight is 205 g/mol. The number of allylic oxidation sites excluding steroid dienone is 1. The first-order chi connectivity index (χ1) is 5.55. The molecule has 0 saturated carbocycles. The fourth-order valence-electron chi connectivity index (χ4n) is 0.673. The van der Waals surface area contributed by atoms with Crippen molar-refractivity contribution >= 4 is 21.6 Å². The van der Waals surface area contributed by atoms with Gasteiger partial charge in [0.25, 0.3) is 10.0 Å². The minimum Gasteiger partial charge on any atom is -0.223 e. The second-order valence-electron chi connectivity index (χ2n) is 2.04. The molecule has 0 radical (unpaired) electrons. The first kappa shape index (κ1) is 9.30. The van der Waals surface area contributed by atoms with E-state index in [1.807, 2.05) is 0 Å². The van der Waals surface area contributed by atoms with Gasteiger partial charge < -0.3 is 0 Å². The molecule has 0 saturated heterocycles. The van der Waals surface area contributed by atoms with E-state index in [4.69, 9.17) is 5.14 Å². The van der Waals surface area contributed by atoms with E-state index in [9.17, 15) is 8.42 Å². The van der Waals surface area contributed by atoms with E-state index in [1.54, 1.807) is 6.08 Å². The van der Waals surface area contributed by atoms with Gasteiger partial charge in [-0.05, 0) is 11.5 Å².